The monoisotopic (exact) mass is 368 g/mol. The molecule has 0 bridgehead atoms. The highest BCUT2D eigenvalue weighted by atomic mass is 32.1. The van der Waals surface area contributed by atoms with Gasteiger partial charge in [-0.05, 0) is 24.3 Å². The van der Waals surface area contributed by atoms with Gasteiger partial charge < -0.3 is 10.3 Å². The number of carbonyl (C=O) groups excluding carboxylic acids is 1. The van der Waals surface area contributed by atoms with Crippen molar-refractivity contribution in [3.05, 3.63) is 35.8 Å². The maximum Gasteiger partial charge on any atom is 0.240 e. The lowest BCUT2D eigenvalue weighted by Gasteiger charge is -2.34. The van der Waals surface area contributed by atoms with Crippen LogP contribution in [0.4, 0.5) is 5.13 Å². The maximum absolute atomic E-state index is 12.4. The number of para-hydroxylation sites is 1. The van der Waals surface area contributed by atoms with Crippen LogP contribution in [0.5, 0.6) is 0 Å². The summed E-state index contributed by atoms with van der Waals surface area (Å²) < 4.78 is 0. The van der Waals surface area contributed by atoms with Crippen molar-refractivity contribution in [2.75, 3.05) is 25.0 Å². The van der Waals surface area contributed by atoms with E-state index in [1.54, 1.807) is 0 Å². The normalized spacial score (nSPS) is 21.2. The van der Waals surface area contributed by atoms with Crippen LogP contribution in [0.15, 0.2) is 35.8 Å². The van der Waals surface area contributed by atoms with Gasteiger partial charge in [-0.15, -0.1) is 11.3 Å². The third-order valence-corrected chi connectivity index (χ3v) is 5.69. The van der Waals surface area contributed by atoms with Crippen LogP contribution in [0.1, 0.15) is 20.3 Å². The van der Waals surface area contributed by atoms with E-state index in [-0.39, 0.29) is 5.91 Å². The molecule has 0 unspecified atom stereocenters. The average Bonchev–Trinajstić information content (AvgIpc) is 3.20. The fraction of sp³-hybridized carbons (Fsp3) is 0.400. The predicted molar refractivity (Wildman–Crippen MR) is 107 cm³/mol. The van der Waals surface area contributed by atoms with E-state index in [2.05, 4.69) is 46.2 Å². The van der Waals surface area contributed by atoms with Gasteiger partial charge in [0.2, 0.25) is 5.91 Å². The molecule has 1 saturated heterocycles. The molecule has 3 aromatic rings. The molecule has 3 heterocycles. The second-order valence-electron chi connectivity index (χ2n) is 7.47. The molecule has 2 N–H and O–H groups in total. The summed E-state index contributed by atoms with van der Waals surface area (Å²) >= 11 is 1.47. The Morgan fingerprint density at radius 2 is 2.08 bits per heavy atom. The number of hydrogen-bond donors (Lipinski definition) is 2. The first-order valence-corrected chi connectivity index (χ1v) is 10.0. The topological polar surface area (TPSA) is 61.0 Å². The van der Waals surface area contributed by atoms with Crippen molar-refractivity contribution < 1.29 is 4.79 Å². The number of thiazole rings is 1. The van der Waals surface area contributed by atoms with Gasteiger partial charge in [0.15, 0.2) is 5.13 Å². The minimum atomic E-state index is 0.0196. The highest BCUT2D eigenvalue weighted by molar-refractivity contribution is 7.14. The van der Waals surface area contributed by atoms with Crippen molar-refractivity contribution in [1.82, 2.24) is 14.9 Å². The van der Waals surface area contributed by atoms with Gasteiger partial charge in [-0.3, -0.25) is 9.69 Å². The molecule has 0 radical (unpaired) electrons. The summed E-state index contributed by atoms with van der Waals surface area (Å²) in [7, 11) is 0. The van der Waals surface area contributed by atoms with Crippen molar-refractivity contribution in [2.45, 2.75) is 20.3 Å². The average molecular weight is 369 g/mol. The molecule has 1 amide bonds. The van der Waals surface area contributed by atoms with E-state index in [1.807, 2.05) is 23.7 Å². The van der Waals surface area contributed by atoms with Gasteiger partial charge in [-0.25, -0.2) is 4.98 Å². The van der Waals surface area contributed by atoms with Crippen LogP contribution >= 0.6 is 11.3 Å². The van der Waals surface area contributed by atoms with Gasteiger partial charge in [0, 0.05) is 41.1 Å². The molecule has 1 fully saturated rings. The zero-order valence-corrected chi connectivity index (χ0v) is 16.0. The summed E-state index contributed by atoms with van der Waals surface area (Å²) in [5.74, 6) is 1.32. The maximum atomic E-state index is 12.4. The van der Waals surface area contributed by atoms with Crippen LogP contribution in [-0.4, -0.2) is 40.4 Å². The van der Waals surface area contributed by atoms with Crippen LogP contribution in [0.2, 0.25) is 0 Å². The highest BCUT2D eigenvalue weighted by Gasteiger charge is 2.23. The fourth-order valence-corrected chi connectivity index (χ4v) is 4.75. The molecule has 1 aromatic carbocycles. The van der Waals surface area contributed by atoms with Gasteiger partial charge in [0.1, 0.15) is 0 Å². The van der Waals surface area contributed by atoms with E-state index < -0.39 is 0 Å². The van der Waals surface area contributed by atoms with E-state index in [0.29, 0.717) is 23.5 Å². The summed E-state index contributed by atoms with van der Waals surface area (Å²) in [6.07, 6.45) is 3.22. The van der Waals surface area contributed by atoms with E-state index in [1.165, 1.54) is 17.8 Å². The molecule has 5 nitrogen and oxygen atoms in total. The number of amides is 1. The fourth-order valence-electron chi connectivity index (χ4n) is 4.02. The van der Waals surface area contributed by atoms with Crippen LogP contribution in [0.25, 0.3) is 22.2 Å². The Hall–Kier alpha value is -2.18. The first-order valence-electron chi connectivity index (χ1n) is 9.12. The summed E-state index contributed by atoms with van der Waals surface area (Å²) in [6, 6.07) is 8.17. The lowest BCUT2D eigenvalue weighted by Crippen LogP contribution is -2.42. The lowest BCUT2D eigenvalue weighted by atomic mass is 9.92. The second kappa shape index (κ2) is 7.21. The first kappa shape index (κ1) is 17.2. The summed E-state index contributed by atoms with van der Waals surface area (Å²) in [6.45, 7) is 6.95. The third-order valence-electron chi connectivity index (χ3n) is 4.93. The van der Waals surface area contributed by atoms with Gasteiger partial charge in [0.05, 0.1) is 12.2 Å². The molecule has 0 saturated carbocycles. The van der Waals surface area contributed by atoms with Gasteiger partial charge in [-0.2, -0.15) is 0 Å². The molecule has 1 aliphatic rings. The molecular weight excluding hydrogens is 344 g/mol. The number of carbonyl (C=O) groups is 1. The number of fused-ring (bicyclic) bond motifs is 1. The van der Waals surface area contributed by atoms with E-state index in [0.717, 1.165) is 35.2 Å². The Labute approximate surface area is 157 Å². The number of likely N-dealkylation sites (tertiary alicyclic amines) is 1. The molecule has 4 rings (SSSR count). The van der Waals surface area contributed by atoms with Crippen LogP contribution in [0, 0.1) is 11.8 Å². The largest absolute Gasteiger partial charge is 0.360 e. The van der Waals surface area contributed by atoms with Crippen molar-refractivity contribution in [1.29, 1.82) is 0 Å². The third kappa shape index (κ3) is 3.66. The molecule has 2 atom stereocenters. The Kier molecular flexibility index (Phi) is 4.78. The van der Waals surface area contributed by atoms with E-state index in [4.69, 9.17) is 0 Å². The molecular formula is C20H24N4OS. The lowest BCUT2D eigenvalue weighted by molar-refractivity contribution is -0.117. The van der Waals surface area contributed by atoms with E-state index >= 15 is 0 Å². The molecule has 0 spiro atoms. The first-order chi connectivity index (χ1) is 12.6. The summed E-state index contributed by atoms with van der Waals surface area (Å²) in [4.78, 5) is 22.5. The van der Waals surface area contributed by atoms with Crippen LogP contribution in [0.3, 0.4) is 0 Å². The zero-order chi connectivity index (χ0) is 18.1. The number of benzene rings is 1. The number of aromatic nitrogens is 2. The van der Waals surface area contributed by atoms with Gasteiger partial charge >= 0.3 is 0 Å². The van der Waals surface area contributed by atoms with Gasteiger partial charge in [0.25, 0.3) is 0 Å². The number of rotatable bonds is 4. The van der Waals surface area contributed by atoms with E-state index in [9.17, 15) is 4.79 Å². The minimum absolute atomic E-state index is 0.0196. The zero-order valence-electron chi connectivity index (χ0n) is 15.2. The number of nitrogens with zero attached hydrogens (tertiary/aromatic N) is 2. The number of nitrogens with one attached hydrogen (secondary N) is 2. The molecule has 1 aliphatic heterocycles. The quantitative estimate of drug-likeness (QED) is 0.725. The SMILES string of the molecule is C[C@H]1C[C@H](C)CN(CC(=O)Nc2nc(-c3c[nH]c4ccccc34)cs2)C1. The summed E-state index contributed by atoms with van der Waals surface area (Å²) in [5.41, 5.74) is 3.05. The van der Waals surface area contributed by atoms with Crippen molar-refractivity contribution in [3.8, 4) is 11.3 Å². The Morgan fingerprint density at radius 1 is 1.31 bits per heavy atom. The Morgan fingerprint density at radius 3 is 2.88 bits per heavy atom. The summed E-state index contributed by atoms with van der Waals surface area (Å²) in [5, 5.41) is 6.77. The van der Waals surface area contributed by atoms with Crippen molar-refractivity contribution in [2.24, 2.45) is 11.8 Å². The second-order valence-corrected chi connectivity index (χ2v) is 8.33. The Bertz CT molecular complexity index is 905. The molecule has 2 aromatic heterocycles. The number of hydrogen-bond acceptors (Lipinski definition) is 4. The molecule has 136 valence electrons. The van der Waals surface area contributed by atoms with Crippen molar-refractivity contribution >= 4 is 33.3 Å². The molecule has 26 heavy (non-hydrogen) atoms. The number of piperidine rings is 1. The number of H-pyrrole nitrogens is 1. The van der Waals surface area contributed by atoms with Crippen LogP contribution in [-0.2, 0) is 4.79 Å². The predicted octanol–water partition coefficient (Wildman–Crippen LogP) is 4.21. The smallest absolute Gasteiger partial charge is 0.240 e. The molecule has 0 aliphatic carbocycles. The van der Waals surface area contributed by atoms with Gasteiger partial charge in [-0.1, -0.05) is 32.0 Å². The Balaban J connectivity index is 1.43. The highest BCUT2D eigenvalue weighted by Crippen LogP contribution is 2.31. The standard InChI is InChI=1S/C20H24N4OS/c1-13-7-14(2)10-24(9-13)11-19(25)23-20-22-18(12-26-20)16-8-21-17-6-4-3-5-15(16)17/h3-6,8,12-14,21H,7,9-11H2,1-2H3,(H,22,23,25)/t13-,14-/m0/s1. The molecule has 6 heteroatoms. The number of aromatic amines is 1. The number of anilines is 1. The van der Waals surface area contributed by atoms with Crippen LogP contribution < -0.4 is 5.32 Å². The minimum Gasteiger partial charge on any atom is -0.360 e. The van der Waals surface area contributed by atoms with Crippen molar-refractivity contribution in [3.63, 3.8) is 0 Å².